The van der Waals surface area contributed by atoms with Crippen molar-refractivity contribution in [1.29, 1.82) is 0 Å². The van der Waals surface area contributed by atoms with Crippen LogP contribution in [0.15, 0.2) is 0 Å². The summed E-state index contributed by atoms with van der Waals surface area (Å²) in [7, 11) is 0. The van der Waals surface area contributed by atoms with Gasteiger partial charge >= 0.3 is 5.97 Å². The van der Waals surface area contributed by atoms with Crippen LogP contribution in [0.4, 0.5) is 0 Å². The number of carbonyl (C=O) groups is 1. The number of rotatable bonds is 4. The first-order valence-electron chi connectivity index (χ1n) is 4.42. The molecule has 0 heterocycles. The molecule has 4 heteroatoms. The Morgan fingerprint density at radius 3 is 2.92 bits per heavy atom. The Bertz CT molecular complexity index is 161. The minimum atomic E-state index is -0.679. The van der Waals surface area contributed by atoms with Crippen molar-refractivity contribution in [3.05, 3.63) is 0 Å². The largest absolute Gasteiger partial charge is 0.481 e. The average Bonchev–Trinajstić information content (AvgIpc) is 2.48. The van der Waals surface area contributed by atoms with E-state index < -0.39 is 5.97 Å². The molecule has 4 nitrogen and oxygen atoms in total. The Morgan fingerprint density at radius 2 is 2.33 bits per heavy atom. The molecule has 12 heavy (non-hydrogen) atoms. The normalized spacial score (nSPS) is 29.1. The number of nitrogens with two attached hydrogens (primary N) is 1. The van der Waals surface area contributed by atoms with E-state index in [2.05, 4.69) is 5.32 Å². The quantitative estimate of drug-likeness (QED) is 0.548. The molecule has 0 bridgehead atoms. The fourth-order valence-corrected chi connectivity index (χ4v) is 1.77. The smallest absolute Gasteiger partial charge is 0.308 e. The lowest BCUT2D eigenvalue weighted by molar-refractivity contribution is -0.142. The molecule has 0 aliphatic heterocycles. The molecule has 1 saturated carbocycles. The van der Waals surface area contributed by atoms with E-state index in [0.29, 0.717) is 13.1 Å². The first-order valence-corrected chi connectivity index (χ1v) is 4.42. The van der Waals surface area contributed by atoms with Gasteiger partial charge in [0.15, 0.2) is 0 Å². The molecule has 1 aliphatic carbocycles. The second-order valence-electron chi connectivity index (χ2n) is 3.22. The Hall–Kier alpha value is -0.610. The molecule has 1 rings (SSSR count). The molecule has 2 atom stereocenters. The molecular formula is C8H16N2O2. The highest BCUT2D eigenvalue weighted by molar-refractivity contribution is 5.71. The van der Waals surface area contributed by atoms with Crippen molar-refractivity contribution in [3.63, 3.8) is 0 Å². The zero-order valence-electron chi connectivity index (χ0n) is 7.12. The summed E-state index contributed by atoms with van der Waals surface area (Å²) in [6.45, 7) is 1.29. The SMILES string of the molecule is NCCNC1CCCC1C(=O)O. The van der Waals surface area contributed by atoms with E-state index in [-0.39, 0.29) is 12.0 Å². The molecule has 0 spiro atoms. The Morgan fingerprint density at radius 1 is 1.58 bits per heavy atom. The van der Waals surface area contributed by atoms with Gasteiger partial charge in [0, 0.05) is 19.1 Å². The minimum absolute atomic E-state index is 0.144. The van der Waals surface area contributed by atoms with Gasteiger partial charge in [0.2, 0.25) is 0 Å². The van der Waals surface area contributed by atoms with Crippen LogP contribution < -0.4 is 11.1 Å². The van der Waals surface area contributed by atoms with Gasteiger partial charge in [-0.1, -0.05) is 6.42 Å². The predicted molar refractivity (Wildman–Crippen MR) is 45.8 cm³/mol. The molecule has 0 saturated heterocycles. The molecule has 0 aromatic carbocycles. The van der Waals surface area contributed by atoms with Crippen LogP contribution in [0.1, 0.15) is 19.3 Å². The van der Waals surface area contributed by atoms with Gasteiger partial charge in [-0.2, -0.15) is 0 Å². The van der Waals surface area contributed by atoms with Crippen molar-refractivity contribution >= 4 is 5.97 Å². The molecule has 0 aromatic rings. The maximum atomic E-state index is 10.7. The molecule has 1 fully saturated rings. The van der Waals surface area contributed by atoms with Crippen LogP contribution in [-0.2, 0) is 4.79 Å². The summed E-state index contributed by atoms with van der Waals surface area (Å²) in [5.41, 5.74) is 5.32. The molecule has 0 radical (unpaired) electrons. The number of carboxylic acids is 1. The summed E-state index contributed by atoms with van der Waals surface area (Å²) < 4.78 is 0. The van der Waals surface area contributed by atoms with E-state index >= 15 is 0 Å². The van der Waals surface area contributed by atoms with E-state index in [1.54, 1.807) is 0 Å². The molecule has 4 N–H and O–H groups in total. The highest BCUT2D eigenvalue weighted by atomic mass is 16.4. The summed E-state index contributed by atoms with van der Waals surface area (Å²) in [5, 5.41) is 12.0. The van der Waals surface area contributed by atoms with Gasteiger partial charge in [0.05, 0.1) is 5.92 Å². The fraction of sp³-hybridized carbons (Fsp3) is 0.875. The first kappa shape index (κ1) is 9.48. The van der Waals surface area contributed by atoms with Gasteiger partial charge in [-0.15, -0.1) is 0 Å². The number of carboxylic acid groups (broad SMARTS) is 1. The maximum Gasteiger partial charge on any atom is 0.308 e. The minimum Gasteiger partial charge on any atom is -0.481 e. The molecule has 0 aromatic heterocycles. The van der Waals surface area contributed by atoms with E-state index in [4.69, 9.17) is 10.8 Å². The lowest BCUT2D eigenvalue weighted by Crippen LogP contribution is -2.38. The van der Waals surface area contributed by atoms with Crippen molar-refractivity contribution in [1.82, 2.24) is 5.32 Å². The van der Waals surface area contributed by atoms with Crippen molar-refractivity contribution in [3.8, 4) is 0 Å². The third-order valence-electron chi connectivity index (χ3n) is 2.38. The lowest BCUT2D eigenvalue weighted by atomic mass is 10.0. The highest BCUT2D eigenvalue weighted by Gasteiger charge is 2.31. The molecule has 1 aliphatic rings. The van der Waals surface area contributed by atoms with Gasteiger partial charge in [0.25, 0.3) is 0 Å². The molecule has 2 unspecified atom stereocenters. The van der Waals surface area contributed by atoms with Crippen LogP contribution in [0, 0.1) is 5.92 Å². The summed E-state index contributed by atoms with van der Waals surface area (Å²) >= 11 is 0. The monoisotopic (exact) mass is 172 g/mol. The summed E-state index contributed by atoms with van der Waals surface area (Å²) in [6.07, 6.45) is 2.79. The van der Waals surface area contributed by atoms with E-state index in [1.807, 2.05) is 0 Å². The van der Waals surface area contributed by atoms with E-state index in [1.165, 1.54) is 0 Å². The predicted octanol–water partition coefficient (Wildman–Crippen LogP) is -0.212. The summed E-state index contributed by atoms with van der Waals surface area (Å²) in [6, 6.07) is 0.144. The fourth-order valence-electron chi connectivity index (χ4n) is 1.77. The van der Waals surface area contributed by atoms with Crippen molar-refractivity contribution in [2.75, 3.05) is 13.1 Å². The Kier molecular flexibility index (Phi) is 3.49. The van der Waals surface area contributed by atoms with Gasteiger partial charge in [-0.25, -0.2) is 0 Å². The Balaban J connectivity index is 2.35. The molecule has 70 valence electrons. The van der Waals surface area contributed by atoms with Gasteiger partial charge in [-0.3, -0.25) is 4.79 Å². The standard InChI is InChI=1S/C8H16N2O2/c9-4-5-10-7-3-1-2-6(7)8(11)12/h6-7,10H,1-5,9H2,(H,11,12). The summed E-state index contributed by atoms with van der Waals surface area (Å²) in [5.74, 6) is -0.876. The van der Waals surface area contributed by atoms with Crippen LogP contribution in [0.5, 0.6) is 0 Å². The van der Waals surface area contributed by atoms with Crippen LogP contribution >= 0.6 is 0 Å². The second-order valence-corrected chi connectivity index (χ2v) is 3.22. The van der Waals surface area contributed by atoms with Gasteiger partial charge in [0.1, 0.15) is 0 Å². The first-order chi connectivity index (χ1) is 5.75. The van der Waals surface area contributed by atoms with Gasteiger partial charge < -0.3 is 16.2 Å². The third-order valence-corrected chi connectivity index (χ3v) is 2.38. The zero-order valence-corrected chi connectivity index (χ0v) is 7.12. The topological polar surface area (TPSA) is 75.3 Å². The second kappa shape index (κ2) is 4.42. The zero-order chi connectivity index (χ0) is 8.97. The van der Waals surface area contributed by atoms with E-state index in [0.717, 1.165) is 19.3 Å². The molecular weight excluding hydrogens is 156 g/mol. The van der Waals surface area contributed by atoms with Crippen LogP contribution in [0.3, 0.4) is 0 Å². The third kappa shape index (κ3) is 2.19. The maximum absolute atomic E-state index is 10.7. The summed E-state index contributed by atoms with van der Waals surface area (Å²) in [4.78, 5) is 10.7. The average molecular weight is 172 g/mol. The van der Waals surface area contributed by atoms with Crippen molar-refractivity contribution in [2.45, 2.75) is 25.3 Å². The van der Waals surface area contributed by atoms with Crippen LogP contribution in [0.25, 0.3) is 0 Å². The van der Waals surface area contributed by atoms with Crippen molar-refractivity contribution in [2.24, 2.45) is 11.7 Å². The van der Waals surface area contributed by atoms with Gasteiger partial charge in [-0.05, 0) is 12.8 Å². The van der Waals surface area contributed by atoms with Crippen LogP contribution in [-0.4, -0.2) is 30.2 Å². The number of hydrogen-bond acceptors (Lipinski definition) is 3. The van der Waals surface area contributed by atoms with E-state index in [9.17, 15) is 4.79 Å². The Labute approximate surface area is 72.1 Å². The molecule has 0 amide bonds. The van der Waals surface area contributed by atoms with Crippen molar-refractivity contribution < 1.29 is 9.90 Å². The number of nitrogens with one attached hydrogen (secondary N) is 1. The lowest BCUT2D eigenvalue weighted by Gasteiger charge is -2.16. The highest BCUT2D eigenvalue weighted by Crippen LogP contribution is 2.25. The number of aliphatic carboxylic acids is 1. The van der Waals surface area contributed by atoms with Crippen LogP contribution in [0.2, 0.25) is 0 Å². The number of hydrogen-bond donors (Lipinski definition) is 3.